The summed E-state index contributed by atoms with van der Waals surface area (Å²) in [6, 6.07) is 6.70. The first-order valence-electron chi connectivity index (χ1n) is 4.09. The highest BCUT2D eigenvalue weighted by atomic mass is 35.5. The van der Waals surface area contributed by atoms with Crippen molar-refractivity contribution >= 4 is 11.6 Å². The smallest absolute Gasteiger partial charge is 0.207 e. The second-order valence-electron chi connectivity index (χ2n) is 2.42. The Bertz CT molecular complexity index is 471. The molecule has 0 spiro atoms. The average molecular weight is 197 g/mol. The molecule has 0 saturated heterocycles. The lowest BCUT2D eigenvalue weighted by atomic mass is 10.3. The Morgan fingerprint density at radius 2 is 2.46 bits per heavy atom. The SMILES string of the molecule is [2H]c1cnn(-c2cccc(Cl)c2)[n+]1[O-]. The summed E-state index contributed by atoms with van der Waals surface area (Å²) in [5.74, 6) is 0. The minimum absolute atomic E-state index is 0.204. The predicted octanol–water partition coefficient (Wildman–Crippen LogP) is 1.16. The summed E-state index contributed by atoms with van der Waals surface area (Å²) in [5.41, 5.74) is 0.533. The van der Waals surface area contributed by atoms with Gasteiger partial charge in [0.1, 0.15) is 7.06 Å². The molecule has 2 rings (SSSR count). The number of benzene rings is 1. The largest absolute Gasteiger partial charge is 0.692 e. The molecule has 0 atom stereocenters. The molecule has 1 heterocycles. The molecule has 2 aromatic rings. The molecule has 0 bridgehead atoms. The van der Waals surface area contributed by atoms with E-state index in [0.717, 1.165) is 4.80 Å². The Morgan fingerprint density at radius 1 is 1.62 bits per heavy atom. The number of hydrogen-bond acceptors (Lipinski definition) is 2. The van der Waals surface area contributed by atoms with Crippen LogP contribution in [0, 0.1) is 5.21 Å². The number of aromatic nitrogens is 3. The van der Waals surface area contributed by atoms with E-state index >= 15 is 0 Å². The van der Waals surface area contributed by atoms with E-state index in [1.165, 1.54) is 6.20 Å². The molecule has 13 heavy (non-hydrogen) atoms. The van der Waals surface area contributed by atoms with Gasteiger partial charge in [0.05, 0.1) is 0 Å². The van der Waals surface area contributed by atoms with Crippen molar-refractivity contribution in [1.82, 2.24) is 9.90 Å². The van der Waals surface area contributed by atoms with E-state index in [1.54, 1.807) is 24.3 Å². The third-order valence-corrected chi connectivity index (χ3v) is 1.78. The molecule has 66 valence electrons. The first-order valence-corrected chi connectivity index (χ1v) is 3.96. The quantitative estimate of drug-likeness (QED) is 0.508. The molecule has 0 amide bonds. The van der Waals surface area contributed by atoms with Crippen molar-refractivity contribution in [1.29, 1.82) is 0 Å². The normalized spacial score (nSPS) is 11.3. The molecule has 0 unspecified atom stereocenters. The highest BCUT2D eigenvalue weighted by Gasteiger charge is 2.05. The fourth-order valence-corrected chi connectivity index (χ4v) is 1.19. The maximum absolute atomic E-state index is 11.3. The molecule has 1 aromatic carbocycles. The summed E-state index contributed by atoms with van der Waals surface area (Å²) in [7, 11) is 0. The maximum Gasteiger partial charge on any atom is 0.207 e. The van der Waals surface area contributed by atoms with Crippen molar-refractivity contribution in [2.45, 2.75) is 0 Å². The molecule has 5 heteroatoms. The molecule has 1 aromatic heterocycles. The standard InChI is InChI=1S/C8H6ClN3O/c9-7-2-1-3-8(6-7)12-10-4-5-11(12)13/h1-6H/i5D. The van der Waals surface area contributed by atoms with Crippen LogP contribution in [0.25, 0.3) is 5.69 Å². The van der Waals surface area contributed by atoms with E-state index in [-0.39, 0.29) is 6.17 Å². The van der Waals surface area contributed by atoms with Crippen LogP contribution in [-0.2, 0) is 0 Å². The monoisotopic (exact) mass is 196 g/mol. The van der Waals surface area contributed by atoms with Crippen LogP contribution in [0.3, 0.4) is 0 Å². The van der Waals surface area contributed by atoms with Crippen LogP contribution in [0.1, 0.15) is 1.37 Å². The fourth-order valence-electron chi connectivity index (χ4n) is 1.00. The molecule has 0 N–H and O–H groups in total. The zero-order valence-electron chi connectivity index (χ0n) is 7.51. The average Bonchev–Trinajstić information content (AvgIpc) is 2.48. The van der Waals surface area contributed by atoms with Crippen molar-refractivity contribution in [3.05, 3.63) is 46.9 Å². The van der Waals surface area contributed by atoms with Gasteiger partial charge in [0.15, 0.2) is 6.17 Å². The van der Waals surface area contributed by atoms with E-state index in [2.05, 4.69) is 5.10 Å². The van der Waals surface area contributed by atoms with Crippen LogP contribution in [0.4, 0.5) is 0 Å². The van der Waals surface area contributed by atoms with Crippen LogP contribution < -0.4 is 4.85 Å². The molecule has 0 aliphatic heterocycles. The van der Waals surface area contributed by atoms with Gasteiger partial charge in [-0.25, -0.2) is 0 Å². The van der Waals surface area contributed by atoms with Gasteiger partial charge in [-0.3, -0.25) is 0 Å². The molecule has 0 aliphatic carbocycles. The van der Waals surface area contributed by atoms with E-state index in [9.17, 15) is 5.21 Å². The van der Waals surface area contributed by atoms with Crippen molar-refractivity contribution < 1.29 is 6.22 Å². The van der Waals surface area contributed by atoms with Gasteiger partial charge in [-0.05, 0) is 23.0 Å². The van der Waals surface area contributed by atoms with Gasteiger partial charge in [-0.15, -0.1) is 0 Å². The van der Waals surface area contributed by atoms with Gasteiger partial charge in [-0.2, -0.15) is 4.85 Å². The van der Waals surface area contributed by atoms with Crippen LogP contribution in [0.15, 0.2) is 36.6 Å². The second kappa shape index (κ2) is 3.06. The number of halogens is 1. The molecule has 0 fully saturated rings. The summed E-state index contributed by atoms with van der Waals surface area (Å²) in [5, 5.41) is 15.5. The Kier molecular flexibility index (Phi) is 1.63. The highest BCUT2D eigenvalue weighted by Crippen LogP contribution is 2.11. The van der Waals surface area contributed by atoms with E-state index in [0.29, 0.717) is 15.6 Å². The summed E-state index contributed by atoms with van der Waals surface area (Å²) in [6.45, 7) is 0. The molecule has 0 radical (unpaired) electrons. The maximum atomic E-state index is 11.3. The Morgan fingerprint density at radius 3 is 3.08 bits per heavy atom. The molecule has 4 nitrogen and oxygen atoms in total. The molecular formula is C8H6ClN3O. The lowest BCUT2D eigenvalue weighted by Crippen LogP contribution is -2.36. The summed E-state index contributed by atoms with van der Waals surface area (Å²) < 4.78 is 7.18. The zero-order chi connectivity index (χ0) is 10.1. The van der Waals surface area contributed by atoms with E-state index in [1.807, 2.05) is 0 Å². The molecular weight excluding hydrogens is 190 g/mol. The van der Waals surface area contributed by atoms with Gasteiger partial charge in [0.25, 0.3) is 0 Å². The van der Waals surface area contributed by atoms with Gasteiger partial charge in [0, 0.05) is 10.1 Å². The summed E-state index contributed by atoms with van der Waals surface area (Å²) >= 11 is 5.75. The van der Waals surface area contributed by atoms with Crippen molar-refractivity contribution in [2.24, 2.45) is 0 Å². The number of rotatable bonds is 1. The minimum Gasteiger partial charge on any atom is -0.692 e. The highest BCUT2D eigenvalue weighted by molar-refractivity contribution is 6.30. The minimum atomic E-state index is -0.204. The molecule has 0 aliphatic rings. The predicted molar refractivity (Wildman–Crippen MR) is 47.5 cm³/mol. The lowest BCUT2D eigenvalue weighted by Gasteiger charge is -2.02. The summed E-state index contributed by atoms with van der Waals surface area (Å²) in [6.07, 6.45) is 0.971. The first-order chi connectivity index (χ1) is 6.68. The summed E-state index contributed by atoms with van der Waals surface area (Å²) in [4.78, 5) is 1.44. The van der Waals surface area contributed by atoms with Crippen molar-refractivity contribution in [3.63, 3.8) is 0 Å². The van der Waals surface area contributed by atoms with E-state index < -0.39 is 0 Å². The third kappa shape index (κ3) is 1.48. The van der Waals surface area contributed by atoms with Crippen molar-refractivity contribution in [3.8, 4) is 5.69 Å². The third-order valence-electron chi connectivity index (χ3n) is 1.55. The van der Waals surface area contributed by atoms with Crippen LogP contribution in [0.2, 0.25) is 5.02 Å². The van der Waals surface area contributed by atoms with Gasteiger partial charge >= 0.3 is 0 Å². The van der Waals surface area contributed by atoms with Crippen LogP contribution in [0.5, 0.6) is 0 Å². The lowest BCUT2D eigenvalue weighted by molar-refractivity contribution is -0.688. The van der Waals surface area contributed by atoms with E-state index in [4.69, 9.17) is 13.0 Å². The Balaban J connectivity index is 2.55. The Hall–Kier alpha value is -1.55. The Labute approximate surface area is 81.0 Å². The van der Waals surface area contributed by atoms with Crippen molar-refractivity contribution in [2.75, 3.05) is 0 Å². The fraction of sp³-hybridized carbons (Fsp3) is 0. The second-order valence-corrected chi connectivity index (χ2v) is 2.85. The number of hydrogen-bond donors (Lipinski definition) is 0. The van der Waals surface area contributed by atoms with Gasteiger partial charge in [0.2, 0.25) is 6.20 Å². The van der Waals surface area contributed by atoms with Gasteiger partial charge in [-0.1, -0.05) is 17.7 Å². The first kappa shape index (κ1) is 6.91. The topological polar surface area (TPSA) is 44.8 Å². The van der Waals surface area contributed by atoms with Crippen LogP contribution in [-0.4, -0.2) is 9.90 Å². The molecule has 0 saturated carbocycles. The zero-order valence-corrected chi connectivity index (χ0v) is 7.27. The van der Waals surface area contributed by atoms with Gasteiger partial charge < -0.3 is 5.21 Å². The number of nitrogens with zero attached hydrogens (tertiary/aromatic N) is 3. The van der Waals surface area contributed by atoms with Crippen LogP contribution >= 0.6 is 11.6 Å².